The van der Waals surface area contributed by atoms with Crippen molar-refractivity contribution in [1.29, 1.82) is 0 Å². The van der Waals surface area contributed by atoms with Gasteiger partial charge in [0, 0.05) is 4.88 Å². The summed E-state index contributed by atoms with van der Waals surface area (Å²) in [6.07, 6.45) is 1.46. The highest BCUT2D eigenvalue weighted by molar-refractivity contribution is 7.19. The Balaban J connectivity index is 2.81. The number of nitrogens with zero attached hydrogens (tertiary/aromatic N) is 2. The smallest absolute Gasteiger partial charge is 0.142 e. The van der Waals surface area contributed by atoms with Gasteiger partial charge in [-0.25, -0.2) is 9.97 Å². The van der Waals surface area contributed by atoms with E-state index in [1.807, 2.05) is 0 Å². The van der Waals surface area contributed by atoms with E-state index in [1.54, 1.807) is 11.3 Å². The second-order valence-electron chi connectivity index (χ2n) is 3.28. The van der Waals surface area contributed by atoms with Gasteiger partial charge in [-0.2, -0.15) is 0 Å². The molecular formula is C9H8Cl2N2S. The lowest BCUT2D eigenvalue weighted by Crippen LogP contribution is -1.81. The summed E-state index contributed by atoms with van der Waals surface area (Å²) >= 11 is 13.7. The van der Waals surface area contributed by atoms with Crippen molar-refractivity contribution in [3.8, 4) is 0 Å². The molecule has 5 heteroatoms. The zero-order valence-corrected chi connectivity index (χ0v) is 10.0. The molecule has 2 aromatic rings. The zero-order chi connectivity index (χ0) is 10.3. The first-order valence-electron chi connectivity index (χ1n) is 4.19. The molecule has 2 heterocycles. The summed E-state index contributed by atoms with van der Waals surface area (Å²) < 4.78 is 0. The van der Waals surface area contributed by atoms with Gasteiger partial charge < -0.3 is 0 Å². The number of hydrogen-bond acceptors (Lipinski definition) is 3. The van der Waals surface area contributed by atoms with Crippen molar-refractivity contribution in [2.24, 2.45) is 0 Å². The van der Waals surface area contributed by atoms with Crippen LogP contribution in [0, 0.1) is 0 Å². The van der Waals surface area contributed by atoms with Crippen molar-refractivity contribution < 1.29 is 0 Å². The standard InChI is InChI=1S/C9H8Cl2N2S/c1-4(2)7-6(10)5-8(11)12-3-13-9(5)14-7/h3-4H,1-2H3. The molecule has 0 N–H and O–H groups in total. The molecule has 0 fully saturated rings. The van der Waals surface area contributed by atoms with Crippen LogP contribution in [0.4, 0.5) is 0 Å². The summed E-state index contributed by atoms with van der Waals surface area (Å²) in [4.78, 5) is 10.0. The van der Waals surface area contributed by atoms with Crippen LogP contribution in [0.3, 0.4) is 0 Å². The largest absolute Gasteiger partial charge is 0.225 e. The molecule has 0 aliphatic carbocycles. The van der Waals surface area contributed by atoms with Crippen molar-refractivity contribution in [1.82, 2.24) is 9.97 Å². The lowest BCUT2D eigenvalue weighted by molar-refractivity contribution is 0.891. The van der Waals surface area contributed by atoms with Gasteiger partial charge >= 0.3 is 0 Å². The maximum Gasteiger partial charge on any atom is 0.142 e. The molecule has 74 valence electrons. The van der Waals surface area contributed by atoms with E-state index in [9.17, 15) is 0 Å². The van der Waals surface area contributed by atoms with Gasteiger partial charge in [0.25, 0.3) is 0 Å². The molecule has 0 radical (unpaired) electrons. The van der Waals surface area contributed by atoms with Gasteiger partial charge in [0.05, 0.1) is 10.4 Å². The predicted molar refractivity (Wildman–Crippen MR) is 61.5 cm³/mol. The molecule has 0 unspecified atom stereocenters. The highest BCUT2D eigenvalue weighted by Crippen LogP contribution is 2.40. The summed E-state index contributed by atoms with van der Waals surface area (Å²) in [5, 5.41) is 1.92. The third-order valence-electron chi connectivity index (χ3n) is 1.93. The lowest BCUT2D eigenvalue weighted by atomic mass is 10.2. The van der Waals surface area contributed by atoms with Gasteiger partial charge in [0.1, 0.15) is 16.3 Å². The number of hydrogen-bond donors (Lipinski definition) is 0. The van der Waals surface area contributed by atoms with Gasteiger partial charge in [-0.15, -0.1) is 11.3 Å². The average molecular weight is 247 g/mol. The third kappa shape index (κ3) is 1.49. The van der Waals surface area contributed by atoms with Crippen LogP contribution in [0.15, 0.2) is 6.33 Å². The summed E-state index contributed by atoms with van der Waals surface area (Å²) in [6.45, 7) is 4.19. The Kier molecular flexibility index (Phi) is 2.64. The Labute approximate surface area is 95.9 Å². The van der Waals surface area contributed by atoms with Crippen LogP contribution in [0.2, 0.25) is 10.2 Å². The Bertz CT molecular complexity index is 479. The van der Waals surface area contributed by atoms with Crippen molar-refractivity contribution in [3.05, 3.63) is 21.4 Å². The van der Waals surface area contributed by atoms with Crippen molar-refractivity contribution in [2.45, 2.75) is 19.8 Å². The van der Waals surface area contributed by atoms with E-state index in [-0.39, 0.29) is 0 Å². The van der Waals surface area contributed by atoms with Crippen LogP contribution in [0.25, 0.3) is 10.2 Å². The second-order valence-corrected chi connectivity index (χ2v) is 5.05. The molecule has 0 atom stereocenters. The molecular weight excluding hydrogens is 239 g/mol. The van der Waals surface area contributed by atoms with E-state index < -0.39 is 0 Å². The normalized spacial score (nSPS) is 11.5. The first-order chi connectivity index (χ1) is 6.61. The van der Waals surface area contributed by atoms with Crippen LogP contribution < -0.4 is 0 Å². The molecule has 0 saturated carbocycles. The molecule has 0 amide bonds. The average Bonchev–Trinajstić information content (AvgIpc) is 2.45. The molecule has 2 rings (SSSR count). The maximum absolute atomic E-state index is 6.20. The molecule has 0 saturated heterocycles. The van der Waals surface area contributed by atoms with Gasteiger partial charge in [0.2, 0.25) is 0 Å². The molecule has 2 aromatic heterocycles. The highest BCUT2D eigenvalue weighted by Gasteiger charge is 2.16. The molecule has 0 spiro atoms. The fourth-order valence-electron chi connectivity index (χ4n) is 1.25. The van der Waals surface area contributed by atoms with Crippen LogP contribution in [-0.2, 0) is 0 Å². The summed E-state index contributed by atoms with van der Waals surface area (Å²) in [7, 11) is 0. The van der Waals surface area contributed by atoms with Gasteiger partial charge in [-0.05, 0) is 5.92 Å². The fourth-order valence-corrected chi connectivity index (χ4v) is 3.19. The molecule has 0 aromatic carbocycles. The van der Waals surface area contributed by atoms with Crippen LogP contribution in [-0.4, -0.2) is 9.97 Å². The Morgan fingerprint density at radius 2 is 2.00 bits per heavy atom. The third-order valence-corrected chi connectivity index (χ3v) is 4.12. The van der Waals surface area contributed by atoms with E-state index in [1.165, 1.54) is 6.33 Å². The topological polar surface area (TPSA) is 25.8 Å². The predicted octanol–water partition coefficient (Wildman–Crippen LogP) is 4.12. The van der Waals surface area contributed by atoms with Crippen molar-refractivity contribution in [3.63, 3.8) is 0 Å². The first kappa shape index (κ1) is 10.1. The SMILES string of the molecule is CC(C)c1sc2ncnc(Cl)c2c1Cl. The molecule has 0 aliphatic rings. The van der Waals surface area contributed by atoms with Crippen molar-refractivity contribution >= 4 is 44.8 Å². The van der Waals surface area contributed by atoms with E-state index in [4.69, 9.17) is 23.2 Å². The highest BCUT2D eigenvalue weighted by atomic mass is 35.5. The monoisotopic (exact) mass is 246 g/mol. The van der Waals surface area contributed by atoms with E-state index in [0.29, 0.717) is 16.1 Å². The summed E-state index contributed by atoms with van der Waals surface area (Å²) in [5.41, 5.74) is 0. The van der Waals surface area contributed by atoms with E-state index in [2.05, 4.69) is 23.8 Å². The maximum atomic E-state index is 6.20. The fraction of sp³-hybridized carbons (Fsp3) is 0.333. The minimum absolute atomic E-state index is 0.387. The second kappa shape index (κ2) is 3.65. The summed E-state index contributed by atoms with van der Waals surface area (Å²) in [5.74, 6) is 0.387. The summed E-state index contributed by atoms with van der Waals surface area (Å²) in [6, 6.07) is 0. The number of aromatic nitrogens is 2. The van der Waals surface area contributed by atoms with E-state index in [0.717, 1.165) is 15.1 Å². The van der Waals surface area contributed by atoms with Gasteiger partial charge in [0.15, 0.2) is 0 Å². The number of halogens is 2. The Morgan fingerprint density at radius 3 is 2.57 bits per heavy atom. The zero-order valence-electron chi connectivity index (χ0n) is 7.71. The minimum atomic E-state index is 0.387. The number of fused-ring (bicyclic) bond motifs is 1. The molecule has 2 nitrogen and oxygen atoms in total. The number of rotatable bonds is 1. The van der Waals surface area contributed by atoms with E-state index >= 15 is 0 Å². The van der Waals surface area contributed by atoms with Crippen molar-refractivity contribution in [2.75, 3.05) is 0 Å². The van der Waals surface area contributed by atoms with Crippen LogP contribution >= 0.6 is 34.5 Å². The van der Waals surface area contributed by atoms with Gasteiger partial charge in [-0.3, -0.25) is 0 Å². The Morgan fingerprint density at radius 1 is 1.29 bits per heavy atom. The Hall–Kier alpha value is -0.380. The number of thiophene rings is 1. The minimum Gasteiger partial charge on any atom is -0.225 e. The van der Waals surface area contributed by atoms with Crippen LogP contribution in [0.1, 0.15) is 24.6 Å². The van der Waals surface area contributed by atoms with Crippen LogP contribution in [0.5, 0.6) is 0 Å². The lowest BCUT2D eigenvalue weighted by Gasteiger charge is -1.99. The van der Waals surface area contributed by atoms with Gasteiger partial charge in [-0.1, -0.05) is 37.0 Å². The molecule has 14 heavy (non-hydrogen) atoms. The molecule has 0 bridgehead atoms. The molecule has 0 aliphatic heterocycles. The first-order valence-corrected chi connectivity index (χ1v) is 5.77. The quantitative estimate of drug-likeness (QED) is 0.708.